The van der Waals surface area contributed by atoms with Gasteiger partial charge in [-0.3, -0.25) is 0 Å². The number of phenolic OH excluding ortho intramolecular Hbond substituents is 1. The first-order valence-corrected chi connectivity index (χ1v) is 4.02. The van der Waals surface area contributed by atoms with Crippen LogP contribution in [0.25, 0.3) is 6.08 Å². The van der Waals surface area contributed by atoms with Crippen LogP contribution in [0.5, 0.6) is 11.5 Å². The minimum atomic E-state index is -1.65. The zero-order chi connectivity index (χ0) is 11.4. The lowest BCUT2D eigenvalue weighted by molar-refractivity contribution is -0.134. The van der Waals surface area contributed by atoms with Crippen molar-refractivity contribution in [3.05, 3.63) is 29.6 Å². The molecule has 0 bridgehead atoms. The van der Waals surface area contributed by atoms with E-state index in [-0.39, 0.29) is 17.1 Å². The summed E-state index contributed by atoms with van der Waals surface area (Å²) in [4.78, 5) is 10.2. The van der Waals surface area contributed by atoms with Crippen LogP contribution in [0, 0.1) is 0 Å². The Bertz CT molecular complexity index is 412. The Kier molecular flexibility index (Phi) is 3.28. The summed E-state index contributed by atoms with van der Waals surface area (Å²) in [6, 6.07) is 4.05. The summed E-state index contributed by atoms with van der Waals surface area (Å²) in [7, 11) is 1.38. The number of phenols is 1. The van der Waals surface area contributed by atoms with Crippen LogP contribution in [0.3, 0.4) is 0 Å². The van der Waals surface area contributed by atoms with Crippen LogP contribution >= 0.6 is 0 Å². The van der Waals surface area contributed by atoms with E-state index in [1.165, 1.54) is 25.3 Å². The van der Waals surface area contributed by atoms with Crippen molar-refractivity contribution in [2.45, 2.75) is 0 Å². The maximum atomic E-state index is 12.7. The lowest BCUT2D eigenvalue weighted by Crippen LogP contribution is -1.94. The molecule has 1 aromatic carbocycles. The molecule has 0 aromatic heterocycles. The molecule has 4 nitrogen and oxygen atoms in total. The van der Waals surface area contributed by atoms with E-state index in [9.17, 15) is 14.3 Å². The first-order chi connectivity index (χ1) is 7.04. The van der Waals surface area contributed by atoms with Crippen molar-refractivity contribution in [1.82, 2.24) is 0 Å². The van der Waals surface area contributed by atoms with Gasteiger partial charge in [0.1, 0.15) is 0 Å². The van der Waals surface area contributed by atoms with Gasteiger partial charge in [-0.15, -0.1) is 0 Å². The van der Waals surface area contributed by atoms with E-state index in [0.29, 0.717) is 0 Å². The third kappa shape index (κ3) is 2.70. The summed E-state index contributed by atoms with van der Waals surface area (Å²) in [6.07, 6.45) is 0.807. The number of methoxy groups -OCH3 is 1. The van der Waals surface area contributed by atoms with E-state index in [2.05, 4.69) is 0 Å². The van der Waals surface area contributed by atoms with E-state index < -0.39 is 11.8 Å². The lowest BCUT2D eigenvalue weighted by Gasteiger charge is -2.03. The maximum absolute atomic E-state index is 12.7. The number of carboxylic acid groups (broad SMARTS) is 1. The Labute approximate surface area is 85.2 Å². The highest BCUT2D eigenvalue weighted by Gasteiger charge is 2.06. The van der Waals surface area contributed by atoms with Gasteiger partial charge in [0, 0.05) is 0 Å². The molecule has 0 atom stereocenters. The predicted octanol–water partition coefficient (Wildman–Crippen LogP) is 1.80. The Morgan fingerprint density at radius 3 is 2.67 bits per heavy atom. The van der Waals surface area contributed by atoms with Gasteiger partial charge < -0.3 is 14.9 Å². The summed E-state index contributed by atoms with van der Waals surface area (Å²) in [5, 5.41) is 17.6. The minimum absolute atomic E-state index is 0.176. The summed E-state index contributed by atoms with van der Waals surface area (Å²) in [5.74, 6) is -2.88. The molecule has 0 aliphatic carbocycles. The second kappa shape index (κ2) is 4.45. The number of carbonyl (C=O) groups is 1. The van der Waals surface area contributed by atoms with Gasteiger partial charge in [0.05, 0.1) is 7.11 Å². The Morgan fingerprint density at radius 2 is 2.20 bits per heavy atom. The van der Waals surface area contributed by atoms with E-state index in [1.54, 1.807) is 0 Å². The largest absolute Gasteiger partial charge is 0.504 e. The van der Waals surface area contributed by atoms with Crippen LogP contribution in [0.15, 0.2) is 24.0 Å². The molecule has 0 saturated carbocycles. The van der Waals surface area contributed by atoms with Gasteiger partial charge in [-0.1, -0.05) is 6.07 Å². The molecule has 0 amide bonds. The van der Waals surface area contributed by atoms with E-state index in [0.717, 1.165) is 6.08 Å². The molecule has 80 valence electrons. The van der Waals surface area contributed by atoms with Crippen molar-refractivity contribution in [3.8, 4) is 11.5 Å². The van der Waals surface area contributed by atoms with Crippen LogP contribution < -0.4 is 4.74 Å². The molecule has 0 spiro atoms. The van der Waals surface area contributed by atoms with Crippen molar-refractivity contribution in [3.63, 3.8) is 0 Å². The van der Waals surface area contributed by atoms with Gasteiger partial charge in [0.15, 0.2) is 11.5 Å². The highest BCUT2D eigenvalue weighted by Crippen LogP contribution is 2.27. The predicted molar refractivity (Wildman–Crippen MR) is 51.4 cm³/mol. The van der Waals surface area contributed by atoms with Crippen molar-refractivity contribution >= 4 is 12.0 Å². The number of hydrogen-bond donors (Lipinski definition) is 2. The average molecular weight is 212 g/mol. The molecule has 0 aliphatic rings. The van der Waals surface area contributed by atoms with Gasteiger partial charge >= 0.3 is 5.97 Å². The number of rotatable bonds is 3. The third-order valence-corrected chi connectivity index (χ3v) is 1.70. The van der Waals surface area contributed by atoms with Gasteiger partial charge in [0.25, 0.3) is 0 Å². The molecule has 0 saturated heterocycles. The molecule has 2 N–H and O–H groups in total. The lowest BCUT2D eigenvalue weighted by atomic mass is 10.2. The molecule has 15 heavy (non-hydrogen) atoms. The normalized spacial score (nSPS) is 11.2. The number of aliphatic carboxylic acids is 1. The number of aromatic hydroxyl groups is 1. The third-order valence-electron chi connectivity index (χ3n) is 1.70. The number of hydrogen-bond acceptors (Lipinski definition) is 3. The van der Waals surface area contributed by atoms with E-state index in [1.807, 2.05) is 0 Å². The smallest absolute Gasteiger partial charge is 0.364 e. The highest BCUT2D eigenvalue weighted by atomic mass is 19.1. The molecule has 0 heterocycles. The van der Waals surface area contributed by atoms with Crippen LogP contribution in [0.2, 0.25) is 0 Å². The van der Waals surface area contributed by atoms with Crippen molar-refractivity contribution in [2.75, 3.05) is 7.11 Å². The van der Waals surface area contributed by atoms with Crippen LogP contribution in [-0.2, 0) is 4.79 Å². The quantitative estimate of drug-likeness (QED) is 0.749. The molecule has 5 heteroatoms. The minimum Gasteiger partial charge on any atom is -0.504 e. The maximum Gasteiger partial charge on any atom is 0.364 e. The SMILES string of the molecule is COc1ccc(C=C(F)C(=O)O)cc1O. The molecule has 0 fully saturated rings. The molecular weight excluding hydrogens is 203 g/mol. The van der Waals surface area contributed by atoms with Gasteiger partial charge in [0.2, 0.25) is 5.83 Å². The standard InChI is InChI=1S/C10H9FO4/c1-15-9-3-2-6(5-8(9)12)4-7(11)10(13)14/h2-5,12H,1H3,(H,13,14). The van der Waals surface area contributed by atoms with Crippen molar-refractivity contribution in [2.24, 2.45) is 0 Å². The van der Waals surface area contributed by atoms with Gasteiger partial charge in [-0.05, 0) is 23.8 Å². The number of benzene rings is 1. The van der Waals surface area contributed by atoms with Crippen molar-refractivity contribution < 1.29 is 24.1 Å². The fraction of sp³-hybridized carbons (Fsp3) is 0.100. The zero-order valence-electron chi connectivity index (χ0n) is 7.90. The Morgan fingerprint density at radius 1 is 1.53 bits per heavy atom. The first kappa shape index (κ1) is 11.0. The second-order valence-electron chi connectivity index (χ2n) is 2.73. The molecule has 0 radical (unpaired) electrons. The summed E-state index contributed by atoms with van der Waals surface area (Å²) in [6.45, 7) is 0. The highest BCUT2D eigenvalue weighted by molar-refractivity contribution is 5.89. The Hall–Kier alpha value is -2.04. The fourth-order valence-corrected chi connectivity index (χ4v) is 1.00. The molecule has 1 rings (SSSR count). The van der Waals surface area contributed by atoms with E-state index in [4.69, 9.17) is 9.84 Å². The average Bonchev–Trinajstić information content (AvgIpc) is 2.18. The second-order valence-corrected chi connectivity index (χ2v) is 2.73. The topological polar surface area (TPSA) is 66.8 Å². The van der Waals surface area contributed by atoms with Gasteiger partial charge in [-0.25, -0.2) is 4.79 Å². The first-order valence-electron chi connectivity index (χ1n) is 4.02. The van der Waals surface area contributed by atoms with E-state index >= 15 is 0 Å². The van der Waals surface area contributed by atoms with Crippen LogP contribution in [0.4, 0.5) is 4.39 Å². The summed E-state index contributed by atoms with van der Waals surface area (Å²) < 4.78 is 17.4. The Balaban J connectivity index is 3.03. The van der Waals surface area contributed by atoms with Crippen LogP contribution in [-0.4, -0.2) is 23.3 Å². The number of carboxylic acids is 1. The molecular formula is C10H9FO4. The molecule has 0 unspecified atom stereocenters. The number of ether oxygens (including phenoxy) is 1. The van der Waals surface area contributed by atoms with Crippen LogP contribution in [0.1, 0.15) is 5.56 Å². The molecule has 1 aromatic rings. The fourth-order valence-electron chi connectivity index (χ4n) is 1.00. The van der Waals surface area contributed by atoms with Gasteiger partial charge in [-0.2, -0.15) is 4.39 Å². The molecule has 0 aliphatic heterocycles. The zero-order valence-corrected chi connectivity index (χ0v) is 7.90. The monoisotopic (exact) mass is 212 g/mol. The summed E-state index contributed by atoms with van der Waals surface area (Å²) in [5.41, 5.74) is 0.244. The summed E-state index contributed by atoms with van der Waals surface area (Å²) >= 11 is 0. The van der Waals surface area contributed by atoms with Crippen molar-refractivity contribution in [1.29, 1.82) is 0 Å². The number of halogens is 1.